The maximum absolute atomic E-state index is 13.1. The zero-order valence-corrected chi connectivity index (χ0v) is 35.8. The molecule has 0 radical (unpaired) electrons. The van der Waals surface area contributed by atoms with Crippen molar-refractivity contribution in [2.45, 2.75) is 189 Å². The van der Waals surface area contributed by atoms with Crippen LogP contribution in [0.15, 0.2) is 24.3 Å². The minimum absolute atomic E-state index is 0.0643. The highest BCUT2D eigenvalue weighted by molar-refractivity contribution is 5.69. The number of rotatable bonds is 36. The van der Waals surface area contributed by atoms with E-state index in [0.29, 0.717) is 32.2 Å². The third-order valence-electron chi connectivity index (χ3n) is 10.6. The Morgan fingerprint density at radius 1 is 0.648 bits per heavy atom. The summed E-state index contributed by atoms with van der Waals surface area (Å²) in [5.41, 5.74) is 0. The highest BCUT2D eigenvalue weighted by Gasteiger charge is 2.22. The monoisotopic (exact) mass is 764 g/mol. The van der Waals surface area contributed by atoms with E-state index in [-0.39, 0.29) is 31.5 Å². The Morgan fingerprint density at radius 3 is 1.83 bits per heavy atom. The van der Waals surface area contributed by atoms with Crippen molar-refractivity contribution in [3.05, 3.63) is 24.3 Å². The first-order chi connectivity index (χ1) is 26.4. The quantitative estimate of drug-likeness (QED) is 0.0270. The lowest BCUT2D eigenvalue weighted by Crippen LogP contribution is -2.37. The normalized spacial score (nSPS) is 15.9. The predicted octanol–water partition coefficient (Wildman–Crippen LogP) is 12.4. The molecule has 54 heavy (non-hydrogen) atoms. The topological polar surface area (TPSA) is 83.5 Å². The Morgan fingerprint density at radius 2 is 1.24 bits per heavy atom. The molecular formula is C46H85NO7. The highest BCUT2D eigenvalue weighted by Crippen LogP contribution is 2.25. The number of allylic oxidation sites excluding steroid dienone is 4. The maximum Gasteiger partial charge on any atom is 0.508 e. The SMILES string of the molecule is CC/C=C\CCCCOC(CCC(=O)OCC(CCCC(CCCCC)CCCCC)COC(=O)OCC1CCCN(CC)C1)OCCCC/C=C\CC. The zero-order valence-electron chi connectivity index (χ0n) is 35.8. The van der Waals surface area contributed by atoms with Gasteiger partial charge in [0.1, 0.15) is 6.61 Å². The molecule has 1 saturated heterocycles. The molecule has 1 aliphatic rings. The van der Waals surface area contributed by atoms with Crippen LogP contribution in [0.5, 0.6) is 0 Å². The molecule has 0 N–H and O–H groups in total. The van der Waals surface area contributed by atoms with E-state index in [0.717, 1.165) is 109 Å². The van der Waals surface area contributed by atoms with Gasteiger partial charge in [0.25, 0.3) is 0 Å². The number of hydrogen-bond donors (Lipinski definition) is 0. The lowest BCUT2D eigenvalue weighted by molar-refractivity contribution is -0.160. The van der Waals surface area contributed by atoms with Crippen molar-refractivity contribution in [2.24, 2.45) is 17.8 Å². The first-order valence-electron chi connectivity index (χ1n) is 22.7. The number of nitrogens with zero attached hydrogens (tertiary/aromatic N) is 1. The van der Waals surface area contributed by atoms with E-state index in [4.69, 9.17) is 23.7 Å². The van der Waals surface area contributed by atoms with Gasteiger partial charge in [-0.3, -0.25) is 4.79 Å². The minimum atomic E-state index is -0.614. The molecule has 0 saturated carbocycles. The summed E-state index contributed by atoms with van der Waals surface area (Å²) < 4.78 is 29.3. The third kappa shape index (κ3) is 29.4. The van der Waals surface area contributed by atoms with Gasteiger partial charge in [0.05, 0.1) is 19.6 Å². The molecular weight excluding hydrogens is 679 g/mol. The summed E-state index contributed by atoms with van der Waals surface area (Å²) in [7, 11) is 0. The van der Waals surface area contributed by atoms with E-state index in [1.165, 1.54) is 51.4 Å². The molecule has 0 spiro atoms. The molecule has 1 aliphatic heterocycles. The first-order valence-corrected chi connectivity index (χ1v) is 22.7. The summed E-state index contributed by atoms with van der Waals surface area (Å²) in [5, 5.41) is 0. The van der Waals surface area contributed by atoms with E-state index in [1.54, 1.807) is 0 Å². The molecule has 0 bridgehead atoms. The molecule has 1 rings (SSSR count). The second kappa shape index (κ2) is 36.7. The van der Waals surface area contributed by atoms with Crippen LogP contribution in [0.3, 0.4) is 0 Å². The van der Waals surface area contributed by atoms with Crippen molar-refractivity contribution in [2.75, 3.05) is 52.7 Å². The average molecular weight is 764 g/mol. The molecule has 0 aliphatic carbocycles. The summed E-state index contributed by atoms with van der Waals surface area (Å²) in [6.45, 7) is 16.2. The van der Waals surface area contributed by atoms with Crippen molar-refractivity contribution >= 4 is 12.1 Å². The Labute approximate surface area is 332 Å². The molecule has 0 aromatic rings. The number of likely N-dealkylation sites (tertiary alicyclic amines) is 1. The number of piperidine rings is 1. The van der Waals surface area contributed by atoms with Gasteiger partial charge in [-0.05, 0) is 89.6 Å². The second-order valence-electron chi connectivity index (χ2n) is 15.6. The van der Waals surface area contributed by atoms with Crippen LogP contribution >= 0.6 is 0 Å². The number of carbonyl (C=O) groups excluding carboxylic acids is 2. The maximum atomic E-state index is 13.1. The summed E-state index contributed by atoms with van der Waals surface area (Å²) >= 11 is 0. The van der Waals surface area contributed by atoms with Crippen LogP contribution in [0.25, 0.3) is 0 Å². The lowest BCUT2D eigenvalue weighted by atomic mass is 9.89. The van der Waals surface area contributed by atoms with Gasteiger partial charge < -0.3 is 28.6 Å². The van der Waals surface area contributed by atoms with Crippen LogP contribution in [-0.2, 0) is 28.5 Å². The molecule has 2 unspecified atom stereocenters. The van der Waals surface area contributed by atoms with E-state index in [2.05, 4.69) is 63.8 Å². The van der Waals surface area contributed by atoms with Crippen LogP contribution < -0.4 is 0 Å². The Balaban J connectivity index is 2.70. The Kier molecular flexibility index (Phi) is 34.1. The molecule has 2 atom stereocenters. The standard InChI is InChI=1S/C46H85NO7/c1-6-11-15-17-19-23-35-50-45(51-36-24-20-18-16-12-7-2)33-32-44(48)52-39-43(30-25-29-41(27-21-13-8-3)28-22-14-9-4)40-54-46(49)53-38-42-31-26-34-47(10-5)37-42/h11-12,15-16,41-43,45H,6-10,13-14,17-40H2,1-5H3/b15-11-,16-12-. The molecule has 8 heteroatoms. The summed E-state index contributed by atoms with van der Waals surface area (Å²) in [6.07, 6.45) is 32.3. The van der Waals surface area contributed by atoms with Gasteiger partial charge in [-0.2, -0.15) is 0 Å². The number of esters is 1. The average Bonchev–Trinajstić information content (AvgIpc) is 3.18. The molecule has 1 fully saturated rings. The third-order valence-corrected chi connectivity index (χ3v) is 10.6. The molecule has 0 aromatic carbocycles. The van der Waals surface area contributed by atoms with E-state index in [1.807, 2.05) is 0 Å². The fourth-order valence-corrected chi connectivity index (χ4v) is 7.16. The zero-order chi connectivity index (χ0) is 39.3. The van der Waals surface area contributed by atoms with Crippen LogP contribution in [-0.4, -0.2) is 76.0 Å². The number of ether oxygens (including phenoxy) is 5. The van der Waals surface area contributed by atoms with Gasteiger partial charge in [-0.25, -0.2) is 4.79 Å². The van der Waals surface area contributed by atoms with Crippen LogP contribution in [0, 0.1) is 17.8 Å². The molecule has 8 nitrogen and oxygen atoms in total. The van der Waals surface area contributed by atoms with Gasteiger partial charge >= 0.3 is 12.1 Å². The van der Waals surface area contributed by atoms with Crippen molar-refractivity contribution < 1.29 is 33.3 Å². The number of unbranched alkanes of at least 4 members (excludes halogenated alkanes) is 8. The van der Waals surface area contributed by atoms with Crippen LogP contribution in [0.4, 0.5) is 4.79 Å². The van der Waals surface area contributed by atoms with Crippen molar-refractivity contribution in [3.63, 3.8) is 0 Å². The molecule has 0 amide bonds. The predicted molar refractivity (Wildman–Crippen MR) is 224 cm³/mol. The van der Waals surface area contributed by atoms with Gasteiger partial charge in [0, 0.05) is 38.0 Å². The van der Waals surface area contributed by atoms with Crippen molar-refractivity contribution in [1.82, 2.24) is 4.90 Å². The van der Waals surface area contributed by atoms with Crippen molar-refractivity contribution in [3.8, 4) is 0 Å². The largest absolute Gasteiger partial charge is 0.508 e. The smallest absolute Gasteiger partial charge is 0.465 e. The summed E-state index contributed by atoms with van der Waals surface area (Å²) in [5.74, 6) is 0.755. The first kappa shape index (κ1) is 50.1. The van der Waals surface area contributed by atoms with Crippen LogP contribution in [0.1, 0.15) is 182 Å². The lowest BCUT2D eigenvalue weighted by Gasteiger charge is -2.31. The van der Waals surface area contributed by atoms with Crippen molar-refractivity contribution in [1.29, 1.82) is 0 Å². The fourth-order valence-electron chi connectivity index (χ4n) is 7.16. The summed E-state index contributed by atoms with van der Waals surface area (Å²) in [6, 6.07) is 0. The van der Waals surface area contributed by atoms with Gasteiger partial charge in [-0.15, -0.1) is 0 Å². The molecule has 316 valence electrons. The fraction of sp³-hybridized carbons (Fsp3) is 0.870. The molecule has 0 aromatic heterocycles. The van der Waals surface area contributed by atoms with E-state index >= 15 is 0 Å². The van der Waals surface area contributed by atoms with E-state index < -0.39 is 12.4 Å². The number of hydrogen-bond acceptors (Lipinski definition) is 8. The highest BCUT2D eigenvalue weighted by atomic mass is 16.7. The molecule has 1 heterocycles. The second-order valence-corrected chi connectivity index (χ2v) is 15.6. The summed E-state index contributed by atoms with van der Waals surface area (Å²) in [4.78, 5) is 28.2. The Bertz CT molecular complexity index is 891. The van der Waals surface area contributed by atoms with Gasteiger partial charge in [-0.1, -0.05) is 123 Å². The number of carbonyl (C=O) groups is 2. The Hall–Kier alpha value is -1.90. The van der Waals surface area contributed by atoms with Crippen LogP contribution in [0.2, 0.25) is 0 Å². The van der Waals surface area contributed by atoms with Gasteiger partial charge in [0.2, 0.25) is 0 Å². The van der Waals surface area contributed by atoms with Gasteiger partial charge in [0.15, 0.2) is 6.29 Å². The minimum Gasteiger partial charge on any atom is -0.465 e. The van der Waals surface area contributed by atoms with E-state index in [9.17, 15) is 9.59 Å².